The SMILES string of the molecule is COc1ccccc1-c1ccc(C[C@H](NC(=O)c2ccc(C(C)NS(=O)(=O)c3cc(Cl)cc(Cl)c3)cc2)C(=O)O)cc1. The number of carboxylic acids is 1. The molecule has 0 aromatic heterocycles. The Morgan fingerprint density at radius 2 is 1.52 bits per heavy atom. The van der Waals surface area contributed by atoms with Crippen LogP contribution in [0.5, 0.6) is 5.75 Å². The normalized spacial score (nSPS) is 12.8. The molecule has 0 spiro atoms. The monoisotopic (exact) mass is 626 g/mol. The van der Waals surface area contributed by atoms with Crippen LogP contribution < -0.4 is 14.8 Å². The Morgan fingerprint density at radius 3 is 2.12 bits per heavy atom. The lowest BCUT2D eigenvalue weighted by atomic mass is 9.99. The maximum Gasteiger partial charge on any atom is 0.326 e. The van der Waals surface area contributed by atoms with Crippen molar-refractivity contribution in [3.8, 4) is 16.9 Å². The lowest BCUT2D eigenvalue weighted by Gasteiger charge is -2.17. The summed E-state index contributed by atoms with van der Waals surface area (Å²) >= 11 is 11.9. The van der Waals surface area contributed by atoms with Gasteiger partial charge in [0.05, 0.1) is 12.0 Å². The zero-order valence-electron chi connectivity index (χ0n) is 22.7. The van der Waals surface area contributed by atoms with Crippen molar-refractivity contribution in [1.82, 2.24) is 10.0 Å². The van der Waals surface area contributed by atoms with E-state index in [0.29, 0.717) is 5.56 Å². The molecule has 0 aliphatic rings. The quantitative estimate of drug-likeness (QED) is 0.184. The number of benzene rings is 4. The fraction of sp³-hybridized carbons (Fsp3) is 0.161. The number of aliphatic carboxylic acids is 1. The van der Waals surface area contributed by atoms with Gasteiger partial charge in [0.2, 0.25) is 10.0 Å². The van der Waals surface area contributed by atoms with E-state index in [1.165, 1.54) is 30.3 Å². The first-order valence-corrected chi connectivity index (χ1v) is 15.0. The molecule has 0 heterocycles. The number of ether oxygens (including phenoxy) is 1. The van der Waals surface area contributed by atoms with Crippen molar-refractivity contribution in [2.45, 2.75) is 30.3 Å². The average Bonchev–Trinajstić information content (AvgIpc) is 2.96. The molecule has 4 aromatic rings. The number of carbonyl (C=O) groups excluding carboxylic acids is 1. The summed E-state index contributed by atoms with van der Waals surface area (Å²) in [7, 11) is -2.33. The summed E-state index contributed by atoms with van der Waals surface area (Å²) in [4.78, 5) is 24.8. The molecule has 218 valence electrons. The van der Waals surface area contributed by atoms with Gasteiger partial charge in [-0.3, -0.25) is 4.79 Å². The third-order valence-electron chi connectivity index (χ3n) is 6.57. The summed E-state index contributed by atoms with van der Waals surface area (Å²) in [5.74, 6) is -1.01. The number of hydrogen-bond donors (Lipinski definition) is 3. The molecule has 0 saturated carbocycles. The van der Waals surface area contributed by atoms with Crippen molar-refractivity contribution in [3.63, 3.8) is 0 Å². The van der Waals surface area contributed by atoms with E-state index in [0.717, 1.165) is 22.4 Å². The van der Waals surface area contributed by atoms with Gasteiger partial charge in [-0.05, 0) is 60.0 Å². The van der Waals surface area contributed by atoms with E-state index in [9.17, 15) is 23.1 Å². The molecule has 3 N–H and O–H groups in total. The number of carbonyl (C=O) groups is 2. The first-order chi connectivity index (χ1) is 20.0. The molecule has 4 rings (SSSR count). The Kier molecular flexibility index (Phi) is 9.90. The second kappa shape index (κ2) is 13.4. The minimum absolute atomic E-state index is 0.0722. The Labute approximate surface area is 254 Å². The van der Waals surface area contributed by atoms with Gasteiger partial charge in [0.1, 0.15) is 11.8 Å². The molecule has 4 aromatic carbocycles. The molecule has 1 amide bonds. The van der Waals surface area contributed by atoms with Crippen LogP contribution in [0.4, 0.5) is 0 Å². The summed E-state index contributed by atoms with van der Waals surface area (Å²) in [6.45, 7) is 1.65. The molecule has 1 unspecified atom stereocenters. The van der Waals surface area contributed by atoms with E-state index in [2.05, 4.69) is 10.0 Å². The van der Waals surface area contributed by atoms with Crippen LogP contribution in [0.15, 0.2) is 95.9 Å². The number of hydrogen-bond acceptors (Lipinski definition) is 5. The second-order valence-corrected chi connectivity index (χ2v) is 12.1. The van der Waals surface area contributed by atoms with Crippen molar-refractivity contribution in [2.24, 2.45) is 0 Å². The third kappa shape index (κ3) is 7.68. The van der Waals surface area contributed by atoms with Gasteiger partial charge in [-0.2, -0.15) is 0 Å². The molecule has 0 aliphatic heterocycles. The van der Waals surface area contributed by atoms with E-state index in [-0.39, 0.29) is 26.9 Å². The van der Waals surface area contributed by atoms with Crippen molar-refractivity contribution in [3.05, 3.63) is 118 Å². The summed E-state index contributed by atoms with van der Waals surface area (Å²) in [6.07, 6.45) is 0.0810. The van der Waals surface area contributed by atoms with Gasteiger partial charge in [0.25, 0.3) is 5.91 Å². The maximum absolute atomic E-state index is 12.9. The van der Waals surface area contributed by atoms with Gasteiger partial charge in [0.15, 0.2) is 0 Å². The number of rotatable bonds is 11. The minimum atomic E-state index is -3.93. The molecule has 11 heteroatoms. The molecular weight excluding hydrogens is 599 g/mol. The van der Waals surface area contributed by atoms with Crippen molar-refractivity contribution in [1.29, 1.82) is 0 Å². The van der Waals surface area contributed by atoms with E-state index >= 15 is 0 Å². The first-order valence-electron chi connectivity index (χ1n) is 12.8. The van der Waals surface area contributed by atoms with Crippen LogP contribution in [0.3, 0.4) is 0 Å². The van der Waals surface area contributed by atoms with Crippen LogP contribution >= 0.6 is 23.2 Å². The highest BCUT2D eigenvalue weighted by Crippen LogP contribution is 2.30. The van der Waals surface area contributed by atoms with Gasteiger partial charge < -0.3 is 15.2 Å². The topological polar surface area (TPSA) is 122 Å². The molecule has 0 bridgehead atoms. The second-order valence-electron chi connectivity index (χ2n) is 9.54. The molecule has 2 atom stereocenters. The van der Waals surface area contributed by atoms with Crippen LogP contribution in [0.1, 0.15) is 34.5 Å². The molecule has 0 fully saturated rings. The molecule has 42 heavy (non-hydrogen) atoms. The largest absolute Gasteiger partial charge is 0.496 e. The highest BCUT2D eigenvalue weighted by Gasteiger charge is 2.23. The average molecular weight is 628 g/mol. The summed E-state index contributed by atoms with van der Waals surface area (Å²) in [5, 5.41) is 12.7. The summed E-state index contributed by atoms with van der Waals surface area (Å²) in [6, 6.07) is 23.4. The summed E-state index contributed by atoms with van der Waals surface area (Å²) in [5.41, 5.74) is 3.38. The maximum atomic E-state index is 12.9. The lowest BCUT2D eigenvalue weighted by molar-refractivity contribution is -0.139. The predicted octanol–water partition coefficient (Wildman–Crippen LogP) is 6.13. The number of nitrogens with one attached hydrogen (secondary N) is 2. The van der Waals surface area contributed by atoms with E-state index in [1.807, 2.05) is 48.5 Å². The van der Waals surface area contributed by atoms with E-state index in [1.54, 1.807) is 26.2 Å². The Bertz CT molecular complexity index is 1670. The molecule has 0 radical (unpaired) electrons. The van der Waals surface area contributed by atoms with Gasteiger partial charge in [-0.1, -0.05) is 77.8 Å². The predicted molar refractivity (Wildman–Crippen MR) is 163 cm³/mol. The highest BCUT2D eigenvalue weighted by molar-refractivity contribution is 7.89. The number of carboxylic acid groups (broad SMARTS) is 1. The fourth-order valence-electron chi connectivity index (χ4n) is 4.36. The highest BCUT2D eigenvalue weighted by atomic mass is 35.5. The van der Waals surface area contributed by atoms with Crippen molar-refractivity contribution < 1.29 is 27.9 Å². The van der Waals surface area contributed by atoms with Crippen molar-refractivity contribution in [2.75, 3.05) is 7.11 Å². The fourth-order valence-corrected chi connectivity index (χ4v) is 6.31. The summed E-state index contributed by atoms with van der Waals surface area (Å²) < 4.78 is 33.6. The van der Waals surface area contributed by atoms with Gasteiger partial charge >= 0.3 is 5.97 Å². The van der Waals surface area contributed by atoms with Gasteiger partial charge in [-0.15, -0.1) is 0 Å². The third-order valence-corrected chi connectivity index (χ3v) is 8.52. The number of halogens is 2. The number of methoxy groups -OCH3 is 1. The number of sulfonamides is 1. The molecule has 0 aliphatic carbocycles. The van der Waals surface area contributed by atoms with E-state index < -0.39 is 34.0 Å². The Hall–Kier alpha value is -3.89. The van der Waals surface area contributed by atoms with Crippen molar-refractivity contribution >= 4 is 45.1 Å². The zero-order chi connectivity index (χ0) is 30.4. The smallest absolute Gasteiger partial charge is 0.326 e. The number of amides is 1. The Balaban J connectivity index is 1.41. The van der Waals surface area contributed by atoms with Gasteiger partial charge in [0, 0.05) is 33.6 Å². The number of para-hydroxylation sites is 1. The molecule has 0 saturated heterocycles. The standard InChI is InChI=1S/C31H28Cl2N2O6S/c1-19(35-42(39,40)26-17-24(32)16-25(33)18-26)21-11-13-23(14-12-21)30(36)34-28(31(37)38)15-20-7-9-22(10-8-20)27-5-3-4-6-29(27)41-2/h3-14,16-19,28,35H,15H2,1-2H3,(H,34,36)(H,37,38)/t19?,28-/m0/s1. The molecular formula is C31H28Cl2N2O6S. The van der Waals surface area contributed by atoms with Crippen LogP contribution in [-0.2, 0) is 21.2 Å². The van der Waals surface area contributed by atoms with E-state index in [4.69, 9.17) is 27.9 Å². The minimum Gasteiger partial charge on any atom is -0.496 e. The lowest BCUT2D eigenvalue weighted by Crippen LogP contribution is -2.42. The molecule has 8 nitrogen and oxygen atoms in total. The Morgan fingerprint density at radius 1 is 0.905 bits per heavy atom. The zero-order valence-corrected chi connectivity index (χ0v) is 25.0. The van der Waals surface area contributed by atoms with Crippen LogP contribution in [0.2, 0.25) is 10.0 Å². The van der Waals surface area contributed by atoms with Crippen LogP contribution in [0, 0.1) is 0 Å². The van der Waals surface area contributed by atoms with Gasteiger partial charge in [-0.25, -0.2) is 17.9 Å². The first kappa shape index (κ1) is 31.1. The van der Waals surface area contributed by atoms with Crippen LogP contribution in [0.25, 0.3) is 11.1 Å². The van der Waals surface area contributed by atoms with Crippen LogP contribution in [-0.4, -0.2) is 38.6 Å².